The minimum absolute atomic E-state index is 0.0111. The minimum atomic E-state index is -4.59. The molecule has 0 amide bonds. The van der Waals surface area contributed by atoms with Crippen molar-refractivity contribution in [3.63, 3.8) is 0 Å². The first-order valence-corrected chi connectivity index (χ1v) is 11.4. The number of ketones is 1. The molecule has 0 aromatic heterocycles. The molecule has 5 atom stereocenters. The Balaban J connectivity index is 1.77. The van der Waals surface area contributed by atoms with Crippen molar-refractivity contribution >= 4 is 29.0 Å². The smallest absolute Gasteiger partial charge is 0.383 e. The molecule has 1 aromatic rings. The van der Waals surface area contributed by atoms with Crippen molar-refractivity contribution in [1.29, 1.82) is 0 Å². The second kappa shape index (κ2) is 9.32. The van der Waals surface area contributed by atoms with Gasteiger partial charge in [0.15, 0.2) is 11.9 Å². The zero-order valence-electron chi connectivity index (χ0n) is 17.7. The van der Waals surface area contributed by atoms with Crippen molar-refractivity contribution in [1.82, 2.24) is 4.90 Å². The quantitative estimate of drug-likeness (QED) is 0.505. The number of benzene rings is 1. The molecule has 1 heterocycles. The Bertz CT molecular complexity index is 858. The van der Waals surface area contributed by atoms with Gasteiger partial charge in [0.25, 0.3) is 0 Å². The first kappa shape index (κ1) is 24.4. The largest absolute Gasteiger partial charge is 0.414 e. The molecule has 3 nitrogen and oxygen atoms in total. The number of rotatable bonds is 5. The van der Waals surface area contributed by atoms with E-state index < -0.39 is 18.2 Å². The molecule has 0 spiro atoms. The van der Waals surface area contributed by atoms with Gasteiger partial charge in [0, 0.05) is 35.3 Å². The van der Waals surface area contributed by atoms with E-state index in [1.165, 1.54) is 6.92 Å². The number of likely N-dealkylation sites (tertiary alicyclic amines) is 1. The Morgan fingerprint density at radius 2 is 1.94 bits per heavy atom. The standard InChI is InChI=1S/C23H28Cl2F3NO2/c1-12(11-19-20(24)8-7-16(14(3)30)21(19)25)29-10-9-17-15(13(29)2)5-4-6-18(17)22(31)23(26,27)28/h7-8,13,15,17-18,22,31H,1,4-6,9-11H2,2-3H3/t13?,15?,17?,18?,22-/m0/s1. The summed E-state index contributed by atoms with van der Waals surface area (Å²) in [6.45, 7) is 8.22. The number of carbonyl (C=O) groups excluding carboxylic acids is 1. The molecular formula is C23H28Cl2F3NO2. The molecule has 3 rings (SSSR count). The summed E-state index contributed by atoms with van der Waals surface area (Å²) in [6, 6.07) is 3.23. The topological polar surface area (TPSA) is 40.5 Å². The van der Waals surface area contributed by atoms with E-state index in [-0.39, 0.29) is 23.7 Å². The molecule has 2 fully saturated rings. The van der Waals surface area contributed by atoms with Crippen molar-refractivity contribution < 1.29 is 23.1 Å². The lowest BCUT2D eigenvalue weighted by molar-refractivity contribution is -0.232. The molecule has 1 aliphatic carbocycles. The molecule has 0 radical (unpaired) electrons. The van der Waals surface area contributed by atoms with Crippen molar-refractivity contribution in [2.45, 2.75) is 64.3 Å². The van der Waals surface area contributed by atoms with Gasteiger partial charge in [-0.2, -0.15) is 13.2 Å². The fourth-order valence-electron chi connectivity index (χ4n) is 5.50. The van der Waals surface area contributed by atoms with Crippen LogP contribution in [0.2, 0.25) is 10.0 Å². The molecule has 8 heteroatoms. The molecule has 31 heavy (non-hydrogen) atoms. The third-order valence-corrected chi connectivity index (χ3v) is 7.87. The van der Waals surface area contributed by atoms with Gasteiger partial charge < -0.3 is 10.0 Å². The molecule has 1 aliphatic heterocycles. The lowest BCUT2D eigenvalue weighted by Crippen LogP contribution is -2.53. The fraction of sp³-hybridized carbons (Fsp3) is 0.609. The van der Waals surface area contributed by atoms with Crippen LogP contribution in [-0.4, -0.2) is 40.7 Å². The van der Waals surface area contributed by atoms with Gasteiger partial charge in [-0.1, -0.05) is 36.2 Å². The molecule has 1 N–H and O–H groups in total. The summed E-state index contributed by atoms with van der Waals surface area (Å²) in [4.78, 5) is 13.9. The molecular weight excluding hydrogens is 450 g/mol. The van der Waals surface area contributed by atoms with Crippen LogP contribution < -0.4 is 0 Å². The number of halogens is 5. The highest BCUT2D eigenvalue weighted by atomic mass is 35.5. The van der Waals surface area contributed by atoms with Gasteiger partial charge in [-0.3, -0.25) is 4.79 Å². The summed E-state index contributed by atoms with van der Waals surface area (Å²) < 4.78 is 39.5. The Hall–Kier alpha value is -1.24. The average molecular weight is 478 g/mol. The maximum absolute atomic E-state index is 13.2. The van der Waals surface area contributed by atoms with E-state index in [1.54, 1.807) is 12.1 Å². The third kappa shape index (κ3) is 4.91. The SMILES string of the molecule is C=C(Cc1c(Cl)ccc(C(C)=O)c1Cl)N1CCC2C(CCCC2[C@H](O)C(F)(F)F)C1C. The number of nitrogens with zero attached hydrogens (tertiary/aromatic N) is 1. The Labute approximate surface area is 191 Å². The summed E-state index contributed by atoms with van der Waals surface area (Å²) in [7, 11) is 0. The lowest BCUT2D eigenvalue weighted by Gasteiger charge is -2.51. The van der Waals surface area contributed by atoms with E-state index in [9.17, 15) is 23.1 Å². The number of hydrogen-bond donors (Lipinski definition) is 1. The molecule has 0 bridgehead atoms. The predicted molar refractivity (Wildman–Crippen MR) is 116 cm³/mol. The van der Waals surface area contributed by atoms with Crippen molar-refractivity contribution in [3.05, 3.63) is 45.6 Å². The number of fused-ring (bicyclic) bond motifs is 1. The first-order valence-electron chi connectivity index (χ1n) is 10.6. The van der Waals surface area contributed by atoms with E-state index in [1.807, 2.05) is 6.92 Å². The molecule has 172 valence electrons. The number of allylic oxidation sites excluding steroid dienone is 1. The molecule has 2 aliphatic rings. The van der Waals surface area contributed by atoms with Gasteiger partial charge in [0.2, 0.25) is 0 Å². The number of Topliss-reactive ketones (excluding diaryl/α,β-unsaturated/α-hetero) is 1. The molecule has 1 aromatic carbocycles. The summed E-state index contributed by atoms with van der Waals surface area (Å²) in [5.41, 5.74) is 1.80. The van der Waals surface area contributed by atoms with E-state index >= 15 is 0 Å². The number of piperidine rings is 1. The number of carbonyl (C=O) groups is 1. The number of hydrogen-bond acceptors (Lipinski definition) is 3. The third-order valence-electron chi connectivity index (χ3n) is 7.08. The van der Waals surface area contributed by atoms with E-state index in [4.69, 9.17) is 23.2 Å². The maximum atomic E-state index is 13.2. The Morgan fingerprint density at radius 3 is 2.55 bits per heavy atom. The zero-order valence-corrected chi connectivity index (χ0v) is 19.2. The normalized spacial score (nSPS) is 27.5. The lowest BCUT2D eigenvalue weighted by atomic mass is 9.64. The highest BCUT2D eigenvalue weighted by Crippen LogP contribution is 2.47. The van der Waals surface area contributed by atoms with Crippen LogP contribution in [-0.2, 0) is 6.42 Å². The molecule has 4 unspecified atom stereocenters. The van der Waals surface area contributed by atoms with Gasteiger partial charge in [-0.05, 0) is 68.6 Å². The monoisotopic (exact) mass is 477 g/mol. The summed E-state index contributed by atoms with van der Waals surface area (Å²) >= 11 is 12.8. The highest BCUT2D eigenvalue weighted by Gasteiger charge is 2.51. The van der Waals surface area contributed by atoms with Gasteiger partial charge in [-0.15, -0.1) is 0 Å². The van der Waals surface area contributed by atoms with Crippen LogP contribution >= 0.6 is 23.2 Å². The summed E-state index contributed by atoms with van der Waals surface area (Å²) in [5, 5.41) is 10.7. The predicted octanol–water partition coefficient (Wildman–Crippen LogP) is 6.30. The first-order chi connectivity index (χ1) is 14.4. The van der Waals surface area contributed by atoms with Crippen molar-refractivity contribution in [2.24, 2.45) is 17.8 Å². The van der Waals surface area contributed by atoms with Gasteiger partial charge in [0.1, 0.15) is 0 Å². The Morgan fingerprint density at radius 1 is 1.26 bits per heavy atom. The number of aliphatic hydroxyl groups excluding tert-OH is 1. The maximum Gasteiger partial charge on any atom is 0.414 e. The van der Waals surface area contributed by atoms with E-state index in [2.05, 4.69) is 11.5 Å². The van der Waals surface area contributed by atoms with Gasteiger partial charge >= 0.3 is 6.18 Å². The van der Waals surface area contributed by atoms with Gasteiger partial charge in [-0.25, -0.2) is 0 Å². The average Bonchev–Trinajstić information content (AvgIpc) is 2.69. The highest BCUT2D eigenvalue weighted by molar-refractivity contribution is 6.38. The van der Waals surface area contributed by atoms with E-state index in [0.717, 1.165) is 12.1 Å². The molecule has 1 saturated heterocycles. The summed E-state index contributed by atoms with van der Waals surface area (Å²) in [5.74, 6) is -1.03. The van der Waals surface area contributed by atoms with Gasteiger partial charge in [0.05, 0.1) is 5.02 Å². The van der Waals surface area contributed by atoms with Crippen LogP contribution in [0.3, 0.4) is 0 Å². The van der Waals surface area contributed by atoms with Crippen LogP contribution in [0.15, 0.2) is 24.4 Å². The molecule has 1 saturated carbocycles. The number of alkyl halides is 3. The summed E-state index contributed by atoms with van der Waals surface area (Å²) in [6.07, 6.45) is -4.03. The van der Waals surface area contributed by atoms with Crippen LogP contribution in [0, 0.1) is 17.8 Å². The second-order valence-corrected chi connectivity index (χ2v) is 9.60. The van der Waals surface area contributed by atoms with Crippen molar-refractivity contribution in [3.8, 4) is 0 Å². The van der Waals surface area contributed by atoms with E-state index in [0.29, 0.717) is 53.4 Å². The minimum Gasteiger partial charge on any atom is -0.383 e. The van der Waals surface area contributed by atoms with Crippen LogP contribution in [0.4, 0.5) is 13.2 Å². The van der Waals surface area contributed by atoms with Crippen molar-refractivity contribution in [2.75, 3.05) is 6.54 Å². The fourth-order valence-corrected chi connectivity index (χ4v) is 6.14. The van der Waals surface area contributed by atoms with Crippen LogP contribution in [0.25, 0.3) is 0 Å². The number of aliphatic hydroxyl groups is 1. The zero-order chi connectivity index (χ0) is 23.1. The second-order valence-electron chi connectivity index (χ2n) is 8.82. The Kier molecular flexibility index (Phi) is 7.34. The van der Waals surface area contributed by atoms with Crippen LogP contribution in [0.5, 0.6) is 0 Å². The van der Waals surface area contributed by atoms with Crippen LogP contribution in [0.1, 0.15) is 55.5 Å².